The molecule has 1 aromatic carbocycles. The highest BCUT2D eigenvalue weighted by Gasteiger charge is 2.15. The summed E-state index contributed by atoms with van der Waals surface area (Å²) in [5, 5.41) is 19.9. The average molecular weight is 234 g/mol. The van der Waals surface area contributed by atoms with E-state index < -0.39 is 4.92 Å². The van der Waals surface area contributed by atoms with Gasteiger partial charge in [-0.05, 0) is 24.6 Å². The van der Waals surface area contributed by atoms with E-state index in [9.17, 15) is 15.2 Å². The summed E-state index contributed by atoms with van der Waals surface area (Å²) in [6, 6.07) is 4.86. The van der Waals surface area contributed by atoms with Gasteiger partial charge in [-0.1, -0.05) is 0 Å². The first-order chi connectivity index (χ1) is 8.08. The Labute approximate surface area is 99.1 Å². The van der Waals surface area contributed by atoms with Crippen LogP contribution in [0.25, 0.3) is 0 Å². The lowest BCUT2D eigenvalue weighted by Gasteiger charge is -2.28. The number of aryl methyl sites for hydroxylation is 1. The van der Waals surface area contributed by atoms with Crippen molar-refractivity contribution in [2.24, 2.45) is 0 Å². The van der Waals surface area contributed by atoms with Crippen molar-refractivity contribution < 1.29 is 10.0 Å². The van der Waals surface area contributed by atoms with Crippen LogP contribution in [0, 0.1) is 17.0 Å². The molecule has 5 nitrogen and oxygen atoms in total. The second-order valence-corrected chi connectivity index (χ2v) is 4.12. The van der Waals surface area contributed by atoms with Crippen LogP contribution in [0.4, 0.5) is 11.4 Å². The van der Waals surface area contributed by atoms with E-state index in [-0.39, 0.29) is 5.69 Å². The number of aliphatic hydroxyl groups is 1. The van der Waals surface area contributed by atoms with Gasteiger partial charge in [0, 0.05) is 37.3 Å². The highest BCUT2D eigenvalue weighted by molar-refractivity contribution is 5.58. The molecule has 0 bridgehead atoms. The van der Waals surface area contributed by atoms with Gasteiger partial charge in [0.05, 0.1) is 10.7 Å². The molecular formula is C12H14N2O3. The van der Waals surface area contributed by atoms with Gasteiger partial charge < -0.3 is 10.0 Å². The summed E-state index contributed by atoms with van der Waals surface area (Å²) >= 11 is 0. The van der Waals surface area contributed by atoms with E-state index in [1.807, 2.05) is 6.92 Å². The summed E-state index contributed by atoms with van der Waals surface area (Å²) in [6.07, 6.45) is 2.39. The Balaban J connectivity index is 2.25. The molecule has 17 heavy (non-hydrogen) atoms. The van der Waals surface area contributed by atoms with Crippen molar-refractivity contribution in [3.8, 4) is 0 Å². The van der Waals surface area contributed by atoms with Crippen LogP contribution in [0.3, 0.4) is 0 Å². The Hall–Kier alpha value is -2.04. The van der Waals surface area contributed by atoms with Crippen molar-refractivity contribution in [1.29, 1.82) is 0 Å². The fourth-order valence-corrected chi connectivity index (χ4v) is 1.99. The molecule has 1 N–H and O–H groups in total. The second kappa shape index (κ2) is 4.45. The fourth-order valence-electron chi connectivity index (χ4n) is 1.99. The van der Waals surface area contributed by atoms with E-state index in [4.69, 9.17) is 0 Å². The molecule has 0 spiro atoms. The van der Waals surface area contributed by atoms with Gasteiger partial charge in [0.1, 0.15) is 0 Å². The molecule has 90 valence electrons. The third-order valence-electron chi connectivity index (χ3n) is 2.92. The summed E-state index contributed by atoms with van der Waals surface area (Å²) in [7, 11) is 0. The number of benzene rings is 1. The molecule has 0 fully saturated rings. The van der Waals surface area contributed by atoms with E-state index >= 15 is 0 Å². The zero-order valence-corrected chi connectivity index (χ0v) is 9.59. The smallest absolute Gasteiger partial charge is 0.269 e. The molecule has 1 heterocycles. The van der Waals surface area contributed by atoms with E-state index in [2.05, 4.69) is 4.90 Å². The van der Waals surface area contributed by atoms with Crippen LogP contribution in [0.2, 0.25) is 0 Å². The number of nitrogens with zero attached hydrogens (tertiary/aromatic N) is 2. The molecule has 0 saturated heterocycles. The minimum atomic E-state index is -0.390. The maximum absolute atomic E-state index is 10.6. The van der Waals surface area contributed by atoms with Crippen LogP contribution >= 0.6 is 0 Å². The van der Waals surface area contributed by atoms with Crippen molar-refractivity contribution in [1.82, 2.24) is 0 Å². The summed E-state index contributed by atoms with van der Waals surface area (Å²) in [4.78, 5) is 12.3. The third-order valence-corrected chi connectivity index (χ3v) is 2.92. The largest absolute Gasteiger partial charge is 0.513 e. The number of hydrogen-bond acceptors (Lipinski definition) is 4. The molecule has 0 amide bonds. The molecule has 1 aromatic rings. The van der Waals surface area contributed by atoms with Gasteiger partial charge in [-0.15, -0.1) is 0 Å². The number of aliphatic hydroxyl groups excluding tert-OH is 1. The highest BCUT2D eigenvalue weighted by Crippen LogP contribution is 2.26. The van der Waals surface area contributed by atoms with Crippen molar-refractivity contribution in [3.05, 3.63) is 45.7 Å². The van der Waals surface area contributed by atoms with Gasteiger partial charge in [-0.3, -0.25) is 10.1 Å². The summed E-state index contributed by atoms with van der Waals surface area (Å²) < 4.78 is 0. The van der Waals surface area contributed by atoms with Gasteiger partial charge >= 0.3 is 0 Å². The standard InChI is InChI=1S/C12H14N2O3/c1-9-8-10(14(16)17)2-3-12(9)13-6-4-11(15)5-7-13/h2-4,8,15H,5-7H2,1H3. The summed E-state index contributed by atoms with van der Waals surface area (Å²) in [5.74, 6) is 0.417. The van der Waals surface area contributed by atoms with E-state index in [0.717, 1.165) is 17.8 Å². The maximum atomic E-state index is 10.6. The van der Waals surface area contributed by atoms with Crippen molar-refractivity contribution >= 4 is 11.4 Å². The van der Waals surface area contributed by atoms with Crippen LogP contribution in [0.15, 0.2) is 30.0 Å². The Morgan fingerprint density at radius 2 is 2.24 bits per heavy atom. The molecular weight excluding hydrogens is 220 g/mol. The average Bonchev–Trinajstić information content (AvgIpc) is 2.30. The first-order valence-corrected chi connectivity index (χ1v) is 5.46. The lowest BCUT2D eigenvalue weighted by Crippen LogP contribution is -2.29. The summed E-state index contributed by atoms with van der Waals surface area (Å²) in [6.45, 7) is 3.24. The predicted octanol–water partition coefficient (Wildman–Crippen LogP) is 2.56. The highest BCUT2D eigenvalue weighted by atomic mass is 16.6. The van der Waals surface area contributed by atoms with Crippen LogP contribution < -0.4 is 4.90 Å². The second-order valence-electron chi connectivity index (χ2n) is 4.12. The van der Waals surface area contributed by atoms with Crippen molar-refractivity contribution in [3.63, 3.8) is 0 Å². The van der Waals surface area contributed by atoms with Crippen LogP contribution in [-0.4, -0.2) is 23.1 Å². The summed E-state index contributed by atoms with van der Waals surface area (Å²) in [5.41, 5.74) is 1.98. The Bertz CT molecular complexity index is 483. The normalized spacial score (nSPS) is 15.6. The maximum Gasteiger partial charge on any atom is 0.269 e. The van der Waals surface area contributed by atoms with Gasteiger partial charge in [0.25, 0.3) is 5.69 Å². The molecule has 2 rings (SSSR count). The van der Waals surface area contributed by atoms with Crippen LogP contribution in [0.1, 0.15) is 12.0 Å². The molecule has 0 atom stereocenters. The van der Waals surface area contributed by atoms with Crippen molar-refractivity contribution in [2.75, 3.05) is 18.0 Å². The number of non-ortho nitro benzene ring substituents is 1. The predicted molar refractivity (Wildman–Crippen MR) is 65.4 cm³/mol. The van der Waals surface area contributed by atoms with Gasteiger partial charge in [-0.25, -0.2) is 0 Å². The van der Waals surface area contributed by atoms with Crippen molar-refractivity contribution in [2.45, 2.75) is 13.3 Å². The van der Waals surface area contributed by atoms with Gasteiger partial charge in [0.15, 0.2) is 0 Å². The molecule has 0 saturated carbocycles. The zero-order valence-electron chi connectivity index (χ0n) is 9.59. The zero-order chi connectivity index (χ0) is 12.4. The number of hydrogen-bond donors (Lipinski definition) is 1. The molecule has 0 aromatic heterocycles. The topological polar surface area (TPSA) is 66.6 Å². The number of anilines is 1. The number of nitro groups is 1. The Morgan fingerprint density at radius 3 is 2.76 bits per heavy atom. The quantitative estimate of drug-likeness (QED) is 0.630. The molecule has 0 aliphatic carbocycles. The van der Waals surface area contributed by atoms with E-state index in [1.165, 1.54) is 6.07 Å². The molecule has 1 aliphatic heterocycles. The van der Waals surface area contributed by atoms with E-state index in [1.54, 1.807) is 18.2 Å². The lowest BCUT2D eigenvalue weighted by atomic mass is 10.1. The fraction of sp³-hybridized carbons (Fsp3) is 0.333. The molecule has 1 aliphatic rings. The molecule has 0 radical (unpaired) electrons. The number of nitro benzene ring substituents is 1. The minimum Gasteiger partial charge on any atom is -0.513 e. The van der Waals surface area contributed by atoms with Crippen LogP contribution in [-0.2, 0) is 0 Å². The third kappa shape index (κ3) is 2.38. The first kappa shape index (κ1) is 11.4. The SMILES string of the molecule is Cc1cc([N+](=O)[O-])ccc1N1CC=C(O)CC1. The Kier molecular flexibility index (Phi) is 2.99. The van der Waals surface area contributed by atoms with Crippen LogP contribution in [0.5, 0.6) is 0 Å². The van der Waals surface area contributed by atoms with Gasteiger partial charge in [0.2, 0.25) is 0 Å². The molecule has 0 unspecified atom stereocenters. The minimum absolute atomic E-state index is 0.113. The Morgan fingerprint density at radius 1 is 1.47 bits per heavy atom. The monoisotopic (exact) mass is 234 g/mol. The first-order valence-electron chi connectivity index (χ1n) is 5.46. The van der Waals surface area contributed by atoms with E-state index in [0.29, 0.717) is 18.7 Å². The van der Waals surface area contributed by atoms with Gasteiger partial charge in [-0.2, -0.15) is 0 Å². The lowest BCUT2D eigenvalue weighted by molar-refractivity contribution is -0.384. The number of rotatable bonds is 2. The molecule has 5 heteroatoms.